The molecule has 10 heteroatoms. The zero-order valence-electron chi connectivity index (χ0n) is 17.2. The Morgan fingerprint density at radius 2 is 0.931 bits per heavy atom. The molecule has 1 aromatic rings. The Hall–Kier alpha value is -2.42. The molecule has 0 spiro atoms. The number of benzene rings is 1. The van der Waals surface area contributed by atoms with Crippen LogP contribution in [0.4, 0.5) is 11.4 Å². The first-order valence-corrected chi connectivity index (χ1v) is 8.43. The Morgan fingerprint density at radius 1 is 0.621 bits per heavy atom. The van der Waals surface area contributed by atoms with Gasteiger partial charge in [-0.3, -0.25) is 0 Å². The number of hydrogen-bond acceptors (Lipinski definition) is 4. The van der Waals surface area contributed by atoms with E-state index in [4.69, 9.17) is 0 Å². The molecule has 0 fully saturated rings. The number of hydrogen-bond donors (Lipinski definition) is 0. The van der Waals surface area contributed by atoms with Crippen molar-refractivity contribution in [1.82, 2.24) is 0 Å². The Morgan fingerprint density at radius 3 is 1.24 bits per heavy atom. The van der Waals surface area contributed by atoms with Gasteiger partial charge in [0.15, 0.2) is 0 Å². The molecule has 9 nitrogen and oxygen atoms in total. The molecule has 3 N–H and O–H groups in total. The number of carbonyl (C=O) groups is 4. The molecule has 0 saturated carbocycles. The number of nitrogens with zero attached hydrogens (tertiary/aromatic N) is 4. The van der Waals surface area contributed by atoms with Gasteiger partial charge in [-0.15, -0.1) is 11.4 Å². The molecule has 2 rings (SSSR count). The molecule has 0 aromatic heterocycles. The van der Waals surface area contributed by atoms with Crippen molar-refractivity contribution in [3.05, 3.63) is 45.5 Å². The van der Waals surface area contributed by atoms with E-state index in [0.717, 1.165) is 0 Å². The third-order valence-corrected chi connectivity index (χ3v) is 4.20. The molecular formula is C19H25FeN4O5+. The van der Waals surface area contributed by atoms with Crippen molar-refractivity contribution in [2.75, 3.05) is 0 Å². The average molecular weight is 445 g/mol. The van der Waals surface area contributed by atoms with E-state index < -0.39 is 40.1 Å². The summed E-state index contributed by atoms with van der Waals surface area (Å²) < 4.78 is 0. The van der Waals surface area contributed by atoms with Gasteiger partial charge in [-0.25, -0.2) is 0 Å². The predicted octanol–water partition coefficient (Wildman–Crippen LogP) is 3.22. The zero-order valence-corrected chi connectivity index (χ0v) is 18.3. The Labute approximate surface area is 180 Å². The van der Waals surface area contributed by atoms with Crippen molar-refractivity contribution in [1.29, 1.82) is 0 Å². The Bertz CT molecular complexity index is 756. The molecule has 4 amide bonds. The minimum absolute atomic E-state index is 0. The molecule has 1 aliphatic rings. The molecule has 0 radical (unpaired) electrons. The van der Waals surface area contributed by atoms with E-state index in [1.54, 1.807) is 12.1 Å². The van der Waals surface area contributed by atoms with Gasteiger partial charge in [0.1, 0.15) is 0 Å². The van der Waals surface area contributed by atoms with Crippen LogP contribution in [-0.4, -0.2) is 34.7 Å². The van der Waals surface area contributed by atoms with E-state index in [1.165, 1.54) is 53.7 Å². The van der Waals surface area contributed by atoms with Crippen LogP contribution in [0, 0.1) is 5.41 Å². The summed E-state index contributed by atoms with van der Waals surface area (Å²) in [4.78, 5) is 50.4. The minimum atomic E-state index is -1.63. The summed E-state index contributed by atoms with van der Waals surface area (Å²) >= 11 is 0. The van der Waals surface area contributed by atoms with E-state index in [1.807, 2.05) is 0 Å². The standard InChI is InChI=1S/C19H26N4O4.Fe.H2O/c1-17(2)13(24)22-18(3,4)15(26)20-11-9-7-8-10-12(11)21-16(27)19(5,6)23-14(17)25;;/h7-10H,1-6H3,(H4,20,21,22,23,24,25,26,27);;1H2/q;+4;/p-3. The van der Waals surface area contributed by atoms with Gasteiger partial charge < -0.3 is 45.9 Å². The summed E-state index contributed by atoms with van der Waals surface area (Å²) in [7, 11) is 0. The van der Waals surface area contributed by atoms with Crippen LogP contribution < -0.4 is 0 Å². The van der Waals surface area contributed by atoms with Crippen LogP contribution in [0.5, 0.6) is 0 Å². The van der Waals surface area contributed by atoms with Crippen LogP contribution in [0.25, 0.3) is 21.3 Å². The van der Waals surface area contributed by atoms with Crippen LogP contribution >= 0.6 is 0 Å². The van der Waals surface area contributed by atoms with Crippen molar-refractivity contribution in [2.45, 2.75) is 52.6 Å². The number of carbonyl (C=O) groups excluding carboxylic acids is 4. The first kappa shape index (κ1) is 26.6. The molecule has 0 aliphatic carbocycles. The molecule has 0 saturated heterocycles. The molecule has 0 bridgehead atoms. The molecule has 0 atom stereocenters. The van der Waals surface area contributed by atoms with Gasteiger partial charge in [-0.1, -0.05) is 63.0 Å². The normalized spacial score (nSPS) is 20.3. The molecular weight excluding hydrogens is 420 g/mol. The van der Waals surface area contributed by atoms with Crippen LogP contribution in [-0.2, 0) is 41.7 Å². The summed E-state index contributed by atoms with van der Waals surface area (Å²) in [6.45, 7) is 8.45. The number of rotatable bonds is 0. The maximum Gasteiger partial charge on any atom is 4.00 e. The van der Waals surface area contributed by atoms with E-state index in [-0.39, 0.29) is 33.9 Å². The van der Waals surface area contributed by atoms with E-state index in [2.05, 4.69) is 21.3 Å². The third kappa shape index (κ3) is 5.56. The summed E-state index contributed by atoms with van der Waals surface area (Å²) in [5.74, 6) is -3.00. The van der Waals surface area contributed by atoms with Crippen LogP contribution in [0.15, 0.2) is 24.3 Å². The zero-order chi connectivity index (χ0) is 20.6. The monoisotopic (exact) mass is 445 g/mol. The van der Waals surface area contributed by atoms with Crippen molar-refractivity contribution in [2.24, 2.45) is 5.41 Å². The van der Waals surface area contributed by atoms with Crippen LogP contribution in [0.3, 0.4) is 0 Å². The molecule has 29 heavy (non-hydrogen) atoms. The Kier molecular flexibility index (Phi) is 8.19. The topological polar surface area (TPSA) is 158 Å². The number of para-hydroxylation sites is 2. The molecule has 158 valence electrons. The summed E-state index contributed by atoms with van der Waals surface area (Å²) in [5, 5.41) is 15.8. The number of fused-ring (bicyclic) bond motifs is 1. The van der Waals surface area contributed by atoms with Gasteiger partial charge >= 0.3 is 17.1 Å². The van der Waals surface area contributed by atoms with Crippen molar-refractivity contribution < 1.29 is 41.7 Å². The molecule has 1 aliphatic heterocycles. The van der Waals surface area contributed by atoms with Gasteiger partial charge in [-0.05, 0) is 13.8 Å². The van der Waals surface area contributed by atoms with Gasteiger partial charge in [0.25, 0.3) is 0 Å². The number of amides is 4. The van der Waals surface area contributed by atoms with Gasteiger partial charge in [0, 0.05) is 17.2 Å². The smallest absolute Gasteiger partial charge is 0.643 e. The van der Waals surface area contributed by atoms with Crippen LogP contribution in [0.2, 0.25) is 0 Å². The minimum Gasteiger partial charge on any atom is -0.643 e. The second kappa shape index (κ2) is 8.94. The summed E-state index contributed by atoms with van der Waals surface area (Å²) in [6, 6.07) is 6.35. The first-order chi connectivity index (χ1) is 12.3. The van der Waals surface area contributed by atoms with Gasteiger partial charge in [0.2, 0.25) is 0 Å². The quantitative estimate of drug-likeness (QED) is 0.341. The van der Waals surface area contributed by atoms with E-state index in [9.17, 15) is 19.2 Å². The fourth-order valence-electron chi connectivity index (χ4n) is 2.12. The maximum atomic E-state index is 12.6. The summed E-state index contributed by atoms with van der Waals surface area (Å²) in [6.07, 6.45) is 0. The Balaban J connectivity index is 0.00000392. The molecule has 0 unspecified atom stereocenters. The maximum absolute atomic E-state index is 12.6. The fourth-order valence-corrected chi connectivity index (χ4v) is 2.12. The van der Waals surface area contributed by atoms with Crippen molar-refractivity contribution >= 4 is 35.0 Å². The first-order valence-electron chi connectivity index (χ1n) is 8.43. The van der Waals surface area contributed by atoms with Crippen molar-refractivity contribution in [3.63, 3.8) is 0 Å². The summed E-state index contributed by atoms with van der Waals surface area (Å²) in [5.41, 5.74) is -4.26. The third-order valence-electron chi connectivity index (χ3n) is 4.20. The molecule has 1 aromatic carbocycles. The molecule has 1 heterocycles. The fraction of sp³-hybridized carbons (Fsp3) is 0.474. The van der Waals surface area contributed by atoms with E-state index in [0.29, 0.717) is 0 Å². The average Bonchev–Trinajstić information content (AvgIpc) is 2.54. The van der Waals surface area contributed by atoms with Gasteiger partial charge in [0.05, 0.1) is 11.8 Å². The van der Waals surface area contributed by atoms with Crippen molar-refractivity contribution in [3.8, 4) is 0 Å². The van der Waals surface area contributed by atoms with Crippen LogP contribution in [0.1, 0.15) is 41.5 Å². The predicted molar refractivity (Wildman–Crippen MR) is 106 cm³/mol. The van der Waals surface area contributed by atoms with Gasteiger partial charge in [-0.2, -0.15) is 0 Å². The second-order valence-electron chi connectivity index (χ2n) is 7.90. The second-order valence-corrected chi connectivity index (χ2v) is 7.90. The SMILES string of the molecule is CC1(C)[N-]C(=O)C(C)(C)C(=O)[N-]C(C)(C)C(=O)[N-]c2ccccc2[N-]C1=O.[Fe+4].[OH3+]. The van der Waals surface area contributed by atoms with E-state index >= 15 is 0 Å². The largest absolute Gasteiger partial charge is 4.00 e.